The first-order valence-electron chi connectivity index (χ1n) is 7.18. The van der Waals surface area contributed by atoms with Crippen LogP contribution in [0.3, 0.4) is 0 Å². The molecule has 1 N–H and O–H groups in total. The van der Waals surface area contributed by atoms with Crippen molar-refractivity contribution in [1.29, 1.82) is 0 Å². The number of rotatable bonds is 7. The lowest BCUT2D eigenvalue weighted by Gasteiger charge is -2.14. The fraction of sp³-hybridized carbons (Fsp3) is 0.375. The van der Waals surface area contributed by atoms with Crippen LogP contribution in [0.2, 0.25) is 0 Å². The summed E-state index contributed by atoms with van der Waals surface area (Å²) in [4.78, 5) is 12.3. The minimum absolute atomic E-state index is 0.278. The Bertz CT molecular complexity index is 701. The van der Waals surface area contributed by atoms with Gasteiger partial charge < -0.3 is 24.3 Å². The first-order chi connectivity index (χ1) is 11.5. The molecule has 0 aliphatic heterocycles. The highest BCUT2D eigenvalue weighted by atomic mass is 16.5. The minimum atomic E-state index is -0.284. The summed E-state index contributed by atoms with van der Waals surface area (Å²) in [6, 6.07) is 3.56. The average Bonchev–Trinajstić information content (AvgIpc) is 2.99. The summed E-state index contributed by atoms with van der Waals surface area (Å²) >= 11 is 0. The second-order valence-electron chi connectivity index (χ2n) is 4.94. The van der Waals surface area contributed by atoms with E-state index in [1.165, 1.54) is 18.9 Å². The molecule has 1 heterocycles. The van der Waals surface area contributed by atoms with Crippen molar-refractivity contribution in [3.8, 4) is 23.1 Å². The van der Waals surface area contributed by atoms with Crippen molar-refractivity contribution >= 4 is 5.91 Å². The Morgan fingerprint density at radius 1 is 1.08 bits per heavy atom. The van der Waals surface area contributed by atoms with Gasteiger partial charge >= 0.3 is 0 Å². The number of nitrogens with one attached hydrogen (secondary N) is 1. The predicted octanol–water partition coefficient (Wildman–Crippen LogP) is 1.38. The molecular weight excluding hydrogens is 314 g/mol. The molecule has 2 aromatic rings. The number of hydrogen-bond acceptors (Lipinski definition) is 6. The Labute approximate surface area is 140 Å². The summed E-state index contributed by atoms with van der Waals surface area (Å²) in [6.45, 7) is 0.285. The number of methoxy groups -OCH3 is 4. The SMILES string of the molecule is COc1cc(CNC(=O)c2cn(C)nc2OC)cc(OC)c1OC. The number of aromatic nitrogens is 2. The van der Waals surface area contributed by atoms with E-state index in [0.717, 1.165) is 5.56 Å². The van der Waals surface area contributed by atoms with Gasteiger partial charge in [0.15, 0.2) is 11.5 Å². The number of hydrogen-bond donors (Lipinski definition) is 1. The fourth-order valence-electron chi connectivity index (χ4n) is 2.29. The van der Waals surface area contributed by atoms with E-state index in [-0.39, 0.29) is 18.3 Å². The summed E-state index contributed by atoms with van der Waals surface area (Å²) in [6.07, 6.45) is 1.60. The van der Waals surface area contributed by atoms with Gasteiger partial charge in [-0.2, -0.15) is 0 Å². The van der Waals surface area contributed by atoms with Crippen LogP contribution in [0.15, 0.2) is 18.3 Å². The van der Waals surface area contributed by atoms with Crippen molar-refractivity contribution in [3.05, 3.63) is 29.5 Å². The number of nitrogens with zero attached hydrogens (tertiary/aromatic N) is 2. The highest BCUT2D eigenvalue weighted by molar-refractivity contribution is 5.96. The van der Waals surface area contributed by atoms with E-state index < -0.39 is 0 Å². The second-order valence-corrected chi connectivity index (χ2v) is 4.94. The van der Waals surface area contributed by atoms with E-state index in [1.807, 2.05) is 0 Å². The molecule has 0 bridgehead atoms. The molecule has 8 nitrogen and oxygen atoms in total. The highest BCUT2D eigenvalue weighted by Gasteiger charge is 2.17. The van der Waals surface area contributed by atoms with Gasteiger partial charge in [-0.25, -0.2) is 0 Å². The van der Waals surface area contributed by atoms with Gasteiger partial charge in [-0.1, -0.05) is 0 Å². The molecule has 0 spiro atoms. The normalized spacial score (nSPS) is 10.2. The summed E-state index contributed by atoms with van der Waals surface area (Å²) < 4.78 is 22.5. The highest BCUT2D eigenvalue weighted by Crippen LogP contribution is 2.38. The molecule has 1 amide bonds. The molecule has 0 aliphatic rings. The van der Waals surface area contributed by atoms with Crippen molar-refractivity contribution in [2.24, 2.45) is 7.05 Å². The monoisotopic (exact) mass is 335 g/mol. The molecule has 130 valence electrons. The first kappa shape index (κ1) is 17.5. The average molecular weight is 335 g/mol. The number of carbonyl (C=O) groups excluding carboxylic acids is 1. The van der Waals surface area contributed by atoms with Gasteiger partial charge in [0.2, 0.25) is 11.6 Å². The molecule has 0 saturated carbocycles. The Hall–Kier alpha value is -2.90. The summed E-state index contributed by atoms with van der Waals surface area (Å²) in [5, 5.41) is 6.88. The maximum atomic E-state index is 12.3. The summed E-state index contributed by atoms with van der Waals surface area (Å²) in [5.41, 5.74) is 1.17. The number of amides is 1. The van der Waals surface area contributed by atoms with Crippen LogP contribution >= 0.6 is 0 Å². The zero-order valence-corrected chi connectivity index (χ0v) is 14.4. The Morgan fingerprint density at radius 2 is 1.71 bits per heavy atom. The summed E-state index contributed by atoms with van der Waals surface area (Å²) in [7, 11) is 7.81. The van der Waals surface area contributed by atoms with Gasteiger partial charge in [-0.3, -0.25) is 9.48 Å². The molecule has 0 unspecified atom stereocenters. The molecule has 0 radical (unpaired) electrons. The van der Waals surface area contributed by atoms with E-state index in [2.05, 4.69) is 10.4 Å². The second kappa shape index (κ2) is 7.58. The quantitative estimate of drug-likeness (QED) is 0.823. The molecule has 0 saturated heterocycles. The maximum Gasteiger partial charge on any atom is 0.258 e. The van der Waals surface area contributed by atoms with Crippen molar-refractivity contribution in [3.63, 3.8) is 0 Å². The van der Waals surface area contributed by atoms with Gasteiger partial charge in [-0.15, -0.1) is 5.10 Å². The van der Waals surface area contributed by atoms with Crippen LogP contribution in [0, 0.1) is 0 Å². The largest absolute Gasteiger partial charge is 0.493 e. The van der Waals surface area contributed by atoms with Crippen LogP contribution in [-0.2, 0) is 13.6 Å². The van der Waals surface area contributed by atoms with Crippen LogP contribution in [0.25, 0.3) is 0 Å². The molecule has 8 heteroatoms. The van der Waals surface area contributed by atoms with Crippen LogP contribution in [0.4, 0.5) is 0 Å². The third-order valence-electron chi connectivity index (χ3n) is 3.41. The van der Waals surface area contributed by atoms with E-state index in [4.69, 9.17) is 18.9 Å². The van der Waals surface area contributed by atoms with Crippen LogP contribution < -0.4 is 24.3 Å². The van der Waals surface area contributed by atoms with E-state index in [0.29, 0.717) is 22.8 Å². The number of aryl methyl sites for hydroxylation is 1. The lowest BCUT2D eigenvalue weighted by molar-refractivity contribution is 0.0947. The van der Waals surface area contributed by atoms with Crippen molar-refractivity contribution in [2.75, 3.05) is 28.4 Å². The summed E-state index contributed by atoms with van der Waals surface area (Å²) in [5.74, 6) is 1.55. The topological polar surface area (TPSA) is 83.8 Å². The molecule has 2 rings (SSSR count). The van der Waals surface area contributed by atoms with E-state index in [1.54, 1.807) is 39.6 Å². The van der Waals surface area contributed by atoms with E-state index >= 15 is 0 Å². The van der Waals surface area contributed by atoms with Gasteiger partial charge in [0.05, 0.1) is 28.4 Å². The van der Waals surface area contributed by atoms with Crippen molar-refractivity contribution in [1.82, 2.24) is 15.1 Å². The molecule has 0 atom stereocenters. The van der Waals surface area contributed by atoms with Crippen molar-refractivity contribution < 1.29 is 23.7 Å². The Kier molecular flexibility index (Phi) is 5.51. The number of ether oxygens (including phenoxy) is 4. The molecule has 0 fully saturated rings. The van der Waals surface area contributed by atoms with Crippen LogP contribution in [-0.4, -0.2) is 44.1 Å². The zero-order valence-electron chi connectivity index (χ0n) is 14.4. The van der Waals surface area contributed by atoms with Crippen LogP contribution in [0.1, 0.15) is 15.9 Å². The lowest BCUT2D eigenvalue weighted by atomic mass is 10.1. The fourth-order valence-corrected chi connectivity index (χ4v) is 2.29. The van der Waals surface area contributed by atoms with Crippen molar-refractivity contribution in [2.45, 2.75) is 6.54 Å². The molecule has 0 aliphatic carbocycles. The Morgan fingerprint density at radius 3 is 2.21 bits per heavy atom. The third kappa shape index (κ3) is 3.53. The van der Waals surface area contributed by atoms with Gasteiger partial charge in [0.25, 0.3) is 5.91 Å². The molecule has 1 aromatic heterocycles. The van der Waals surface area contributed by atoms with Crippen LogP contribution in [0.5, 0.6) is 23.1 Å². The molecule has 24 heavy (non-hydrogen) atoms. The first-order valence-corrected chi connectivity index (χ1v) is 7.18. The van der Waals surface area contributed by atoms with Gasteiger partial charge in [-0.05, 0) is 17.7 Å². The maximum absolute atomic E-state index is 12.3. The molecular formula is C16H21N3O5. The third-order valence-corrected chi connectivity index (χ3v) is 3.41. The minimum Gasteiger partial charge on any atom is -0.493 e. The standard InChI is InChI=1S/C16H21N3O5/c1-19-9-11(16(18-19)24-5)15(20)17-8-10-6-12(21-2)14(23-4)13(7-10)22-3/h6-7,9H,8H2,1-5H3,(H,17,20). The zero-order chi connectivity index (χ0) is 17.7. The smallest absolute Gasteiger partial charge is 0.258 e. The van der Waals surface area contributed by atoms with Gasteiger partial charge in [0, 0.05) is 19.8 Å². The number of carbonyl (C=O) groups is 1. The van der Waals surface area contributed by atoms with Gasteiger partial charge in [0.1, 0.15) is 5.56 Å². The predicted molar refractivity (Wildman–Crippen MR) is 87.0 cm³/mol. The lowest BCUT2D eigenvalue weighted by Crippen LogP contribution is -2.23. The van der Waals surface area contributed by atoms with E-state index in [9.17, 15) is 4.79 Å². The molecule has 1 aromatic carbocycles. The Balaban J connectivity index is 2.18. The number of benzene rings is 1.